The summed E-state index contributed by atoms with van der Waals surface area (Å²) in [6.07, 6.45) is 7.10. The number of carbonyl (C=O) groups is 1. The molecule has 0 spiro atoms. The lowest BCUT2D eigenvalue weighted by molar-refractivity contribution is 0.0911. The molecule has 1 amide bonds. The molecule has 26 heavy (non-hydrogen) atoms. The van der Waals surface area contributed by atoms with Gasteiger partial charge < -0.3 is 21.1 Å². The number of aromatic hydroxyl groups is 1. The Labute approximate surface area is 150 Å². The van der Waals surface area contributed by atoms with Gasteiger partial charge in [0.15, 0.2) is 11.5 Å². The zero-order valence-corrected chi connectivity index (χ0v) is 14.7. The Bertz CT molecular complexity index is 841. The summed E-state index contributed by atoms with van der Waals surface area (Å²) < 4.78 is 0. The molecule has 0 bridgehead atoms. The highest BCUT2D eigenvalue weighted by Gasteiger charge is 2.25. The molecule has 0 radical (unpaired) electrons. The number of nitrogens with zero attached hydrogens (tertiary/aromatic N) is 2. The van der Waals surface area contributed by atoms with Crippen LogP contribution in [0.4, 0.5) is 5.69 Å². The van der Waals surface area contributed by atoms with E-state index in [0.717, 1.165) is 25.7 Å². The van der Waals surface area contributed by atoms with Crippen LogP contribution in [0, 0.1) is 5.92 Å². The van der Waals surface area contributed by atoms with E-state index in [9.17, 15) is 14.7 Å². The van der Waals surface area contributed by atoms with Crippen LogP contribution >= 0.6 is 0 Å². The van der Waals surface area contributed by atoms with E-state index in [4.69, 9.17) is 5.73 Å². The maximum Gasteiger partial charge on any atom is 0.294 e. The van der Waals surface area contributed by atoms with Crippen molar-refractivity contribution in [3.8, 4) is 17.3 Å². The van der Waals surface area contributed by atoms with E-state index in [0.29, 0.717) is 17.3 Å². The molecule has 8 heteroatoms. The highest BCUT2D eigenvalue weighted by molar-refractivity contribution is 5.95. The normalized spacial score (nSPS) is 16.2. The smallest absolute Gasteiger partial charge is 0.294 e. The molecule has 8 nitrogen and oxygen atoms in total. The van der Waals surface area contributed by atoms with Crippen LogP contribution < -0.4 is 16.6 Å². The van der Waals surface area contributed by atoms with Crippen LogP contribution in [0.3, 0.4) is 0 Å². The van der Waals surface area contributed by atoms with Crippen LogP contribution in [0.15, 0.2) is 23.1 Å². The van der Waals surface area contributed by atoms with Gasteiger partial charge in [0.1, 0.15) is 5.69 Å². The molecular weight excluding hydrogens is 334 g/mol. The van der Waals surface area contributed by atoms with Crippen molar-refractivity contribution in [3.05, 3.63) is 34.4 Å². The number of aromatic nitrogens is 3. The number of amides is 1. The number of nitrogens with one attached hydrogen (secondary N) is 2. The van der Waals surface area contributed by atoms with E-state index < -0.39 is 17.2 Å². The number of H-pyrrole nitrogens is 1. The zero-order chi connectivity index (χ0) is 18.7. The van der Waals surface area contributed by atoms with Gasteiger partial charge in [-0.1, -0.05) is 19.3 Å². The minimum Gasteiger partial charge on any atom is -0.501 e. The van der Waals surface area contributed by atoms with Gasteiger partial charge in [0.05, 0.1) is 11.9 Å². The first kappa shape index (κ1) is 17.9. The fourth-order valence-electron chi connectivity index (χ4n) is 3.32. The molecule has 1 fully saturated rings. The van der Waals surface area contributed by atoms with Crippen molar-refractivity contribution in [2.45, 2.75) is 45.1 Å². The Hall–Kier alpha value is -2.90. The molecule has 3 rings (SSSR count). The van der Waals surface area contributed by atoms with Crippen LogP contribution in [0.5, 0.6) is 5.75 Å². The predicted octanol–water partition coefficient (Wildman–Crippen LogP) is 1.82. The lowest BCUT2D eigenvalue weighted by Crippen LogP contribution is -2.39. The molecule has 2 heterocycles. The van der Waals surface area contributed by atoms with Crippen LogP contribution in [0.25, 0.3) is 11.5 Å². The quantitative estimate of drug-likeness (QED) is 0.659. The van der Waals surface area contributed by atoms with E-state index in [1.54, 1.807) is 12.1 Å². The van der Waals surface area contributed by atoms with Crippen molar-refractivity contribution in [3.63, 3.8) is 0 Å². The Kier molecular flexibility index (Phi) is 5.20. The predicted molar refractivity (Wildman–Crippen MR) is 97.7 cm³/mol. The van der Waals surface area contributed by atoms with Crippen molar-refractivity contribution >= 4 is 11.6 Å². The molecule has 2 aromatic heterocycles. The SMILES string of the molecule is C[C@H](NC(=O)c1nc(-c2ccc(N)cn2)[nH]c(=O)c1O)C1CCCCC1. The van der Waals surface area contributed by atoms with Gasteiger partial charge in [0.2, 0.25) is 5.75 Å². The van der Waals surface area contributed by atoms with E-state index in [2.05, 4.69) is 20.3 Å². The second kappa shape index (κ2) is 7.55. The molecule has 1 saturated carbocycles. The molecule has 0 saturated heterocycles. The van der Waals surface area contributed by atoms with Crippen LogP contribution in [-0.2, 0) is 0 Å². The summed E-state index contributed by atoms with van der Waals surface area (Å²) in [6, 6.07) is 3.14. The summed E-state index contributed by atoms with van der Waals surface area (Å²) in [5, 5.41) is 12.9. The molecule has 0 aliphatic heterocycles. The number of hydrogen-bond donors (Lipinski definition) is 4. The van der Waals surface area contributed by atoms with Gasteiger partial charge >= 0.3 is 0 Å². The van der Waals surface area contributed by atoms with E-state index in [-0.39, 0.29) is 17.6 Å². The number of pyridine rings is 1. The standard InChI is InChI=1S/C18H23N5O3/c1-10(11-5-3-2-4-6-11)21-17(25)14-15(24)18(26)23-16(22-14)13-8-7-12(19)9-20-13/h7-11,24H,2-6,19H2,1H3,(H,21,25)(H,22,23,26)/t10-/m0/s1. The number of rotatable bonds is 4. The minimum atomic E-state index is -0.788. The van der Waals surface area contributed by atoms with Crippen molar-refractivity contribution in [1.82, 2.24) is 20.3 Å². The van der Waals surface area contributed by atoms with Crippen molar-refractivity contribution < 1.29 is 9.90 Å². The van der Waals surface area contributed by atoms with E-state index in [1.165, 1.54) is 12.6 Å². The molecule has 1 aliphatic carbocycles. The number of nitrogens with two attached hydrogens (primary N) is 1. The summed E-state index contributed by atoms with van der Waals surface area (Å²) >= 11 is 0. The van der Waals surface area contributed by atoms with E-state index >= 15 is 0 Å². The van der Waals surface area contributed by atoms with Gasteiger partial charge in [-0.15, -0.1) is 0 Å². The maximum atomic E-state index is 12.6. The van der Waals surface area contributed by atoms with E-state index in [1.807, 2.05) is 6.92 Å². The van der Waals surface area contributed by atoms with Crippen LogP contribution in [-0.4, -0.2) is 32.0 Å². The summed E-state index contributed by atoms with van der Waals surface area (Å²) in [5.41, 5.74) is 5.33. The fraction of sp³-hybridized carbons (Fsp3) is 0.444. The summed E-state index contributed by atoms with van der Waals surface area (Å²) in [5.74, 6) is -0.765. The van der Waals surface area contributed by atoms with Crippen molar-refractivity contribution in [2.24, 2.45) is 5.92 Å². The third kappa shape index (κ3) is 3.84. The average Bonchev–Trinajstić information content (AvgIpc) is 2.65. The van der Waals surface area contributed by atoms with Crippen molar-refractivity contribution in [2.75, 3.05) is 5.73 Å². The van der Waals surface area contributed by atoms with Gasteiger partial charge in [-0.05, 0) is 37.8 Å². The van der Waals surface area contributed by atoms with Gasteiger partial charge in [0, 0.05) is 6.04 Å². The highest BCUT2D eigenvalue weighted by Crippen LogP contribution is 2.26. The third-order valence-corrected chi connectivity index (χ3v) is 4.85. The largest absolute Gasteiger partial charge is 0.501 e. The molecule has 0 unspecified atom stereocenters. The second-order valence-electron chi connectivity index (χ2n) is 6.75. The lowest BCUT2D eigenvalue weighted by atomic mass is 9.84. The van der Waals surface area contributed by atoms with Gasteiger partial charge in [-0.3, -0.25) is 14.6 Å². The zero-order valence-electron chi connectivity index (χ0n) is 14.7. The molecule has 138 valence electrons. The highest BCUT2D eigenvalue weighted by atomic mass is 16.3. The first-order chi connectivity index (χ1) is 12.5. The average molecular weight is 357 g/mol. The number of hydrogen-bond acceptors (Lipinski definition) is 6. The first-order valence-electron chi connectivity index (χ1n) is 8.81. The summed E-state index contributed by atoms with van der Waals surface area (Å²) in [4.78, 5) is 35.2. The van der Waals surface area contributed by atoms with Crippen LogP contribution in [0.1, 0.15) is 49.5 Å². The van der Waals surface area contributed by atoms with Crippen molar-refractivity contribution in [1.29, 1.82) is 0 Å². The first-order valence-corrected chi connectivity index (χ1v) is 8.81. The van der Waals surface area contributed by atoms with Crippen LogP contribution in [0.2, 0.25) is 0 Å². The Morgan fingerprint density at radius 2 is 2.08 bits per heavy atom. The second-order valence-corrected chi connectivity index (χ2v) is 6.75. The minimum absolute atomic E-state index is 0.0543. The fourth-order valence-corrected chi connectivity index (χ4v) is 3.32. The summed E-state index contributed by atoms with van der Waals surface area (Å²) in [6.45, 7) is 1.94. The Balaban J connectivity index is 1.85. The Morgan fingerprint density at radius 1 is 1.35 bits per heavy atom. The lowest BCUT2D eigenvalue weighted by Gasteiger charge is -2.28. The number of anilines is 1. The van der Waals surface area contributed by atoms with Gasteiger partial charge in [0.25, 0.3) is 11.5 Å². The Morgan fingerprint density at radius 3 is 2.73 bits per heavy atom. The molecule has 1 aliphatic rings. The molecule has 1 atom stereocenters. The number of carbonyl (C=O) groups excluding carboxylic acids is 1. The number of nitrogen functional groups attached to an aromatic ring is 1. The van der Waals surface area contributed by atoms with Gasteiger partial charge in [-0.2, -0.15) is 0 Å². The topological polar surface area (TPSA) is 134 Å². The molecule has 0 aromatic carbocycles. The maximum absolute atomic E-state index is 12.6. The molecular formula is C18H23N5O3. The summed E-state index contributed by atoms with van der Waals surface area (Å²) in [7, 11) is 0. The monoisotopic (exact) mass is 357 g/mol. The number of aromatic amines is 1. The molecule has 2 aromatic rings. The third-order valence-electron chi connectivity index (χ3n) is 4.85. The molecule has 5 N–H and O–H groups in total. The van der Waals surface area contributed by atoms with Gasteiger partial charge in [-0.25, -0.2) is 4.98 Å².